The van der Waals surface area contributed by atoms with Gasteiger partial charge in [-0.1, -0.05) is 77.4 Å². The highest BCUT2D eigenvalue weighted by atomic mass is 14.9. The third kappa shape index (κ3) is 16.0. The van der Waals surface area contributed by atoms with Gasteiger partial charge in [0.05, 0.1) is 0 Å². The van der Waals surface area contributed by atoms with Gasteiger partial charge in [0, 0.05) is 92.6 Å². The lowest BCUT2D eigenvalue weighted by Gasteiger charge is -2.07. The molecule has 410 valence electrons. The van der Waals surface area contributed by atoms with E-state index in [0.29, 0.717) is 5.56 Å². The van der Waals surface area contributed by atoms with Gasteiger partial charge in [-0.05, 0) is 201 Å². The number of hydrogen-bond donors (Lipinski definition) is 0. The van der Waals surface area contributed by atoms with E-state index < -0.39 is 6.85 Å². The highest BCUT2D eigenvalue weighted by Gasteiger charge is 2.17. The van der Waals surface area contributed by atoms with Crippen LogP contribution in [0.1, 0.15) is 87.6 Å². The summed E-state index contributed by atoms with van der Waals surface area (Å²) in [6, 6.07) is 53.2. The molecular formula is C75H90N5+5. The first-order chi connectivity index (χ1) is 39.1. The maximum atomic E-state index is 7.45. The predicted molar refractivity (Wildman–Crippen MR) is 336 cm³/mol. The van der Waals surface area contributed by atoms with Crippen LogP contribution in [0, 0.1) is 104 Å². The smallest absolute Gasteiger partial charge is 0.201 e. The SMILES string of the molecule is Cc1cc[n+](C)c(-c2cccc(C)c2C)c1.Cc1cc[n+](C)c(-c2cccc(C)c2C)c1.Cc1ccc(-c2cc(C)cc[n+]2C)c(C)c1.Cc1ccc(C)c(-c2cc(C)cc[n+]2C)c1.[2H]C([2H])([2H])c1ccc(-c2cc(C)cc[n+]2C)c(C)c1. The molecule has 5 heteroatoms. The highest BCUT2D eigenvalue weighted by molar-refractivity contribution is 5.66. The van der Waals surface area contributed by atoms with Gasteiger partial charge in [-0.3, -0.25) is 0 Å². The Balaban J connectivity index is 0.000000167. The van der Waals surface area contributed by atoms with Crippen molar-refractivity contribution in [3.05, 3.63) is 266 Å². The summed E-state index contributed by atoms with van der Waals surface area (Å²) in [7, 11) is 10.4. The Kier molecular flexibility index (Phi) is 19.5. The van der Waals surface area contributed by atoms with E-state index in [-0.39, 0.29) is 0 Å². The van der Waals surface area contributed by atoms with Crippen LogP contribution in [0.4, 0.5) is 0 Å². The molecule has 0 N–H and O–H groups in total. The molecule has 0 unspecified atom stereocenters. The molecular weight excluding hydrogens is 971 g/mol. The summed E-state index contributed by atoms with van der Waals surface area (Å²) in [6.45, 7) is 27.8. The van der Waals surface area contributed by atoms with Gasteiger partial charge in [-0.25, -0.2) is 22.8 Å². The number of rotatable bonds is 5. The van der Waals surface area contributed by atoms with Crippen LogP contribution in [-0.2, 0) is 35.2 Å². The fourth-order valence-electron chi connectivity index (χ4n) is 9.84. The van der Waals surface area contributed by atoms with Crippen LogP contribution in [0.2, 0.25) is 0 Å². The topological polar surface area (TPSA) is 19.4 Å². The number of nitrogens with zero attached hydrogens (tertiary/aromatic N) is 5. The van der Waals surface area contributed by atoms with Crippen molar-refractivity contribution in [2.75, 3.05) is 0 Å². The van der Waals surface area contributed by atoms with Crippen LogP contribution in [-0.4, -0.2) is 0 Å². The minimum Gasteiger partial charge on any atom is -0.201 e. The lowest BCUT2D eigenvalue weighted by atomic mass is 9.99. The van der Waals surface area contributed by atoms with E-state index >= 15 is 0 Å². The summed E-state index contributed by atoms with van der Waals surface area (Å²) in [5.41, 5.74) is 31.0. The average molecular weight is 1060 g/mol. The highest BCUT2D eigenvalue weighted by Crippen LogP contribution is 2.27. The van der Waals surface area contributed by atoms with E-state index in [2.05, 4.69) is 295 Å². The zero-order chi connectivity index (χ0) is 61.0. The summed E-state index contributed by atoms with van der Waals surface area (Å²) >= 11 is 0. The van der Waals surface area contributed by atoms with Crippen molar-refractivity contribution in [1.29, 1.82) is 0 Å². The van der Waals surface area contributed by atoms with Gasteiger partial charge >= 0.3 is 0 Å². The maximum Gasteiger partial charge on any atom is 0.212 e. The summed E-state index contributed by atoms with van der Waals surface area (Å²) in [5, 5.41) is 0. The minimum absolute atomic E-state index is 0.393. The van der Waals surface area contributed by atoms with Crippen LogP contribution in [0.3, 0.4) is 0 Å². The molecule has 5 aromatic heterocycles. The molecule has 80 heavy (non-hydrogen) atoms. The quantitative estimate of drug-likeness (QED) is 0.153. The fraction of sp³-hybridized carbons (Fsp3) is 0.267. The molecule has 5 heterocycles. The molecule has 0 fully saturated rings. The third-order valence-electron chi connectivity index (χ3n) is 15.1. The summed E-state index contributed by atoms with van der Waals surface area (Å²) in [4.78, 5) is 0. The van der Waals surface area contributed by atoms with E-state index in [0.717, 1.165) is 16.8 Å². The van der Waals surface area contributed by atoms with Gasteiger partial charge in [0.1, 0.15) is 35.2 Å². The predicted octanol–water partition coefficient (Wildman–Crippen LogP) is 15.5. The lowest BCUT2D eigenvalue weighted by Crippen LogP contribution is -2.30. The van der Waals surface area contributed by atoms with Crippen LogP contribution in [0.25, 0.3) is 56.3 Å². The molecule has 0 radical (unpaired) electrons. The molecule has 0 atom stereocenters. The molecule has 0 saturated heterocycles. The molecule has 0 saturated carbocycles. The van der Waals surface area contributed by atoms with Crippen LogP contribution in [0.5, 0.6) is 0 Å². The minimum atomic E-state index is -2.04. The summed E-state index contributed by atoms with van der Waals surface area (Å²) in [6.07, 6.45) is 10.5. The number of benzene rings is 5. The van der Waals surface area contributed by atoms with E-state index in [1.54, 1.807) is 12.1 Å². The Morgan fingerprint density at radius 3 is 0.875 bits per heavy atom. The second-order valence-electron chi connectivity index (χ2n) is 22.2. The lowest BCUT2D eigenvalue weighted by molar-refractivity contribution is -0.660. The summed E-state index contributed by atoms with van der Waals surface area (Å²) < 4.78 is 33.1. The van der Waals surface area contributed by atoms with E-state index in [4.69, 9.17) is 4.11 Å². The van der Waals surface area contributed by atoms with Gasteiger partial charge in [0.2, 0.25) is 28.5 Å². The Bertz CT molecular complexity index is 3660. The number of aryl methyl sites for hydroxylation is 18. The zero-order valence-electron chi connectivity index (χ0n) is 54.6. The fourth-order valence-corrected chi connectivity index (χ4v) is 9.84. The van der Waals surface area contributed by atoms with Crippen LogP contribution in [0.15, 0.2) is 183 Å². The van der Waals surface area contributed by atoms with E-state index in [1.165, 1.54) is 117 Å². The first-order valence-corrected chi connectivity index (χ1v) is 27.8. The maximum absolute atomic E-state index is 7.45. The second-order valence-corrected chi connectivity index (χ2v) is 22.2. The van der Waals surface area contributed by atoms with E-state index in [9.17, 15) is 0 Å². The molecule has 0 aliphatic rings. The van der Waals surface area contributed by atoms with Crippen molar-refractivity contribution >= 4 is 0 Å². The molecule has 0 aliphatic heterocycles. The number of hydrogen-bond acceptors (Lipinski definition) is 0. The average Bonchev–Trinajstić information content (AvgIpc) is 3.63. The summed E-state index contributed by atoms with van der Waals surface area (Å²) in [5.74, 6) is 0. The largest absolute Gasteiger partial charge is 0.212 e. The molecule has 5 nitrogen and oxygen atoms in total. The second kappa shape index (κ2) is 27.6. The monoisotopic (exact) mass is 1060 g/mol. The van der Waals surface area contributed by atoms with Crippen molar-refractivity contribution in [2.45, 2.75) is 104 Å². The third-order valence-corrected chi connectivity index (χ3v) is 15.1. The number of aromatic nitrogens is 5. The van der Waals surface area contributed by atoms with Gasteiger partial charge in [0.25, 0.3) is 0 Å². The van der Waals surface area contributed by atoms with Gasteiger partial charge in [0.15, 0.2) is 31.0 Å². The number of pyridine rings is 5. The Labute approximate surface area is 486 Å². The Hall–Kier alpha value is -8.15. The normalized spacial score (nSPS) is 11.2. The van der Waals surface area contributed by atoms with Crippen molar-refractivity contribution in [3.63, 3.8) is 0 Å². The first kappa shape index (κ1) is 56.6. The van der Waals surface area contributed by atoms with Crippen molar-refractivity contribution in [2.24, 2.45) is 35.2 Å². The van der Waals surface area contributed by atoms with Crippen molar-refractivity contribution in [1.82, 2.24) is 0 Å². The van der Waals surface area contributed by atoms with Crippen molar-refractivity contribution in [3.8, 4) is 56.3 Å². The molecule has 0 aliphatic carbocycles. The zero-order valence-corrected chi connectivity index (χ0v) is 51.6. The van der Waals surface area contributed by atoms with Gasteiger partial charge in [-0.15, -0.1) is 0 Å². The van der Waals surface area contributed by atoms with Gasteiger partial charge in [-0.2, -0.15) is 0 Å². The Morgan fingerprint density at radius 2 is 0.525 bits per heavy atom. The van der Waals surface area contributed by atoms with Crippen LogP contribution >= 0.6 is 0 Å². The molecule has 0 spiro atoms. The van der Waals surface area contributed by atoms with E-state index in [1.807, 2.05) is 30.8 Å². The molecule has 0 amide bonds. The standard InChI is InChI=1S/5C15H18N/c2*1-11-5-6-14(13(3)9-11)15-10-12(2)7-8-16(15)4;1-11-5-6-13(3)14(9-11)15-10-12(2)7-8-16(15)4;2*1-11-8-9-16(4)15(10-11)14-7-5-6-12(2)13(14)3/h5*5-10H,1-4H3/q5*+1/i1D3;;;;. The van der Waals surface area contributed by atoms with Crippen LogP contribution < -0.4 is 22.8 Å². The van der Waals surface area contributed by atoms with Gasteiger partial charge < -0.3 is 0 Å². The first-order valence-electron chi connectivity index (χ1n) is 29.3. The molecule has 0 bridgehead atoms. The Morgan fingerprint density at radius 1 is 0.237 bits per heavy atom. The molecule has 5 aromatic carbocycles. The molecule has 10 rings (SSSR count). The van der Waals surface area contributed by atoms with Crippen molar-refractivity contribution < 1.29 is 26.9 Å². The molecule has 10 aromatic rings.